The van der Waals surface area contributed by atoms with Crippen LogP contribution < -0.4 is 4.74 Å². The van der Waals surface area contributed by atoms with E-state index in [0.717, 1.165) is 10.0 Å². The molecule has 6 nitrogen and oxygen atoms in total. The predicted molar refractivity (Wildman–Crippen MR) is 113 cm³/mol. The molecule has 150 valence electrons. The number of thioether (sulfide) groups is 1. The first-order valence-electron chi connectivity index (χ1n) is 9.08. The molecule has 0 aliphatic carbocycles. The summed E-state index contributed by atoms with van der Waals surface area (Å²) < 4.78 is 11.9. The Kier molecular flexibility index (Phi) is 6.50. The van der Waals surface area contributed by atoms with Gasteiger partial charge in [0.25, 0.3) is 0 Å². The van der Waals surface area contributed by atoms with E-state index in [-0.39, 0.29) is 11.8 Å². The number of amidine groups is 1. The summed E-state index contributed by atoms with van der Waals surface area (Å²) in [6, 6.07) is 4.92. The van der Waals surface area contributed by atoms with Crippen LogP contribution in [0.25, 0.3) is 0 Å². The third kappa shape index (κ3) is 4.12. The Morgan fingerprint density at radius 3 is 2.86 bits per heavy atom. The standard InChI is InChI=1S/C20H23BrN2O4S/c1-11(2)10-27-19(25)17-12(3)22-20-23(16(24)7-8-28-20)18(17)14-9-13(21)5-6-15(14)26-4/h5-6,9,11,18H,7-8,10H2,1-4H3. The number of allylic oxidation sites excluding steroid dienone is 1. The van der Waals surface area contributed by atoms with Gasteiger partial charge in [0.15, 0.2) is 5.17 Å². The van der Waals surface area contributed by atoms with E-state index in [1.807, 2.05) is 32.0 Å². The summed E-state index contributed by atoms with van der Waals surface area (Å²) in [7, 11) is 1.57. The summed E-state index contributed by atoms with van der Waals surface area (Å²) in [5.41, 5.74) is 1.65. The minimum Gasteiger partial charge on any atom is -0.496 e. The largest absolute Gasteiger partial charge is 0.496 e. The third-order valence-electron chi connectivity index (χ3n) is 4.46. The molecule has 3 rings (SSSR count). The van der Waals surface area contributed by atoms with E-state index in [4.69, 9.17) is 9.47 Å². The van der Waals surface area contributed by atoms with Crippen molar-refractivity contribution in [2.75, 3.05) is 19.5 Å². The number of nitrogens with zero attached hydrogens (tertiary/aromatic N) is 2. The number of fused-ring (bicyclic) bond motifs is 1. The molecule has 0 N–H and O–H groups in total. The Hall–Kier alpha value is -1.80. The van der Waals surface area contributed by atoms with Crippen molar-refractivity contribution in [1.29, 1.82) is 0 Å². The number of benzene rings is 1. The third-order valence-corrected chi connectivity index (χ3v) is 5.91. The highest BCUT2D eigenvalue weighted by Crippen LogP contribution is 2.44. The van der Waals surface area contributed by atoms with Gasteiger partial charge in [0.2, 0.25) is 5.91 Å². The van der Waals surface area contributed by atoms with Crippen molar-refractivity contribution < 1.29 is 19.1 Å². The zero-order chi connectivity index (χ0) is 20.4. The molecule has 0 spiro atoms. The normalized spacial score (nSPS) is 19.5. The molecule has 1 aromatic carbocycles. The summed E-state index contributed by atoms with van der Waals surface area (Å²) in [4.78, 5) is 32.0. The fourth-order valence-corrected chi connectivity index (χ4v) is 4.58. The van der Waals surface area contributed by atoms with E-state index in [2.05, 4.69) is 20.9 Å². The quantitative estimate of drug-likeness (QED) is 0.604. The first-order valence-corrected chi connectivity index (χ1v) is 10.9. The van der Waals surface area contributed by atoms with Crippen molar-refractivity contribution in [2.45, 2.75) is 33.2 Å². The Balaban J connectivity index is 2.16. The lowest BCUT2D eigenvalue weighted by Gasteiger charge is -2.39. The molecule has 1 saturated heterocycles. The molecule has 0 bridgehead atoms. The minimum atomic E-state index is -0.639. The maximum atomic E-state index is 13.0. The van der Waals surface area contributed by atoms with Crippen LogP contribution in [-0.4, -0.2) is 41.4 Å². The fourth-order valence-electron chi connectivity index (χ4n) is 3.19. The average Bonchev–Trinajstić information content (AvgIpc) is 2.65. The van der Waals surface area contributed by atoms with Crippen LogP contribution in [0.4, 0.5) is 0 Å². The van der Waals surface area contributed by atoms with Crippen LogP contribution in [0.15, 0.2) is 38.9 Å². The summed E-state index contributed by atoms with van der Waals surface area (Å²) in [5.74, 6) is 0.964. The predicted octanol–water partition coefficient (Wildman–Crippen LogP) is 4.31. The van der Waals surface area contributed by atoms with Gasteiger partial charge >= 0.3 is 5.97 Å². The maximum absolute atomic E-state index is 13.0. The van der Waals surface area contributed by atoms with E-state index < -0.39 is 12.0 Å². The van der Waals surface area contributed by atoms with Crippen molar-refractivity contribution >= 4 is 44.7 Å². The highest BCUT2D eigenvalue weighted by atomic mass is 79.9. The van der Waals surface area contributed by atoms with Crippen molar-refractivity contribution in [2.24, 2.45) is 10.9 Å². The number of carbonyl (C=O) groups is 2. The molecule has 1 fully saturated rings. The number of hydrogen-bond donors (Lipinski definition) is 0. The topological polar surface area (TPSA) is 68.2 Å². The van der Waals surface area contributed by atoms with E-state index in [0.29, 0.717) is 41.0 Å². The van der Waals surface area contributed by atoms with Crippen LogP contribution in [-0.2, 0) is 14.3 Å². The summed E-state index contributed by atoms with van der Waals surface area (Å²) >= 11 is 5.01. The molecule has 1 unspecified atom stereocenters. The van der Waals surface area contributed by atoms with Crippen LogP contribution in [0.3, 0.4) is 0 Å². The van der Waals surface area contributed by atoms with Gasteiger partial charge < -0.3 is 9.47 Å². The van der Waals surface area contributed by atoms with Gasteiger partial charge in [-0.3, -0.25) is 9.69 Å². The number of carbonyl (C=O) groups excluding carboxylic acids is 2. The van der Waals surface area contributed by atoms with Crippen molar-refractivity contribution in [3.63, 3.8) is 0 Å². The molecule has 1 atom stereocenters. The zero-order valence-electron chi connectivity index (χ0n) is 16.3. The number of halogens is 1. The SMILES string of the molecule is COc1ccc(Br)cc1C1C(C(=O)OCC(C)C)=C(C)N=C2SCCC(=O)N21. The molecule has 8 heteroatoms. The van der Waals surface area contributed by atoms with Crippen LogP contribution in [0.5, 0.6) is 5.75 Å². The Morgan fingerprint density at radius 2 is 2.18 bits per heavy atom. The number of esters is 1. The van der Waals surface area contributed by atoms with Crippen LogP contribution in [0.1, 0.15) is 38.8 Å². The Bertz CT molecular complexity index is 866. The summed E-state index contributed by atoms with van der Waals surface area (Å²) in [6.07, 6.45) is 0.393. The number of rotatable bonds is 5. The monoisotopic (exact) mass is 466 g/mol. The van der Waals surface area contributed by atoms with Gasteiger partial charge in [-0.2, -0.15) is 0 Å². The first kappa shape index (κ1) is 20.9. The number of amides is 1. The molecule has 2 aliphatic heterocycles. The van der Waals surface area contributed by atoms with Crippen LogP contribution in [0, 0.1) is 5.92 Å². The molecule has 2 heterocycles. The lowest BCUT2D eigenvalue weighted by atomic mass is 9.93. The smallest absolute Gasteiger partial charge is 0.338 e. The second-order valence-corrected chi connectivity index (χ2v) is 9.01. The minimum absolute atomic E-state index is 0.0637. The molecule has 2 aliphatic rings. The van der Waals surface area contributed by atoms with Crippen LogP contribution >= 0.6 is 27.7 Å². The molecule has 1 amide bonds. The van der Waals surface area contributed by atoms with Crippen LogP contribution in [0.2, 0.25) is 0 Å². The maximum Gasteiger partial charge on any atom is 0.338 e. The number of methoxy groups -OCH3 is 1. The van der Waals surface area contributed by atoms with Gasteiger partial charge in [-0.1, -0.05) is 41.5 Å². The van der Waals surface area contributed by atoms with Gasteiger partial charge in [0, 0.05) is 22.2 Å². The van der Waals surface area contributed by atoms with E-state index in [9.17, 15) is 9.59 Å². The molecular weight excluding hydrogens is 444 g/mol. The average molecular weight is 467 g/mol. The van der Waals surface area contributed by atoms with Gasteiger partial charge in [-0.15, -0.1) is 0 Å². The second-order valence-electron chi connectivity index (χ2n) is 7.04. The van der Waals surface area contributed by atoms with Crippen molar-refractivity contribution in [3.8, 4) is 5.75 Å². The summed E-state index contributed by atoms with van der Waals surface area (Å²) in [5, 5.41) is 0.612. The first-order chi connectivity index (χ1) is 13.3. The van der Waals surface area contributed by atoms with Crippen molar-refractivity contribution in [1.82, 2.24) is 4.90 Å². The molecule has 0 saturated carbocycles. The summed E-state index contributed by atoms with van der Waals surface area (Å²) in [6.45, 7) is 6.04. The fraction of sp³-hybridized carbons (Fsp3) is 0.450. The number of ether oxygens (including phenoxy) is 2. The molecule has 28 heavy (non-hydrogen) atoms. The van der Waals surface area contributed by atoms with E-state index in [1.165, 1.54) is 11.8 Å². The van der Waals surface area contributed by atoms with Gasteiger partial charge in [-0.05, 0) is 31.0 Å². The highest BCUT2D eigenvalue weighted by molar-refractivity contribution is 9.10. The molecular formula is C20H23BrN2O4S. The Labute approximate surface area is 177 Å². The lowest BCUT2D eigenvalue weighted by Crippen LogP contribution is -2.46. The van der Waals surface area contributed by atoms with Gasteiger partial charge in [0.05, 0.1) is 25.0 Å². The lowest BCUT2D eigenvalue weighted by molar-refractivity contribution is -0.141. The Morgan fingerprint density at radius 1 is 1.43 bits per heavy atom. The highest BCUT2D eigenvalue weighted by Gasteiger charge is 2.42. The van der Waals surface area contributed by atoms with E-state index >= 15 is 0 Å². The van der Waals surface area contributed by atoms with Gasteiger partial charge in [0.1, 0.15) is 11.8 Å². The van der Waals surface area contributed by atoms with Gasteiger partial charge in [-0.25, -0.2) is 9.79 Å². The van der Waals surface area contributed by atoms with Crippen molar-refractivity contribution in [3.05, 3.63) is 39.5 Å². The number of aliphatic imine (C=N–C) groups is 1. The second kappa shape index (κ2) is 8.69. The zero-order valence-corrected chi connectivity index (χ0v) is 18.7. The molecule has 1 aromatic rings. The number of hydrogen-bond acceptors (Lipinski definition) is 6. The molecule has 0 aromatic heterocycles. The van der Waals surface area contributed by atoms with E-state index in [1.54, 1.807) is 18.9 Å². The molecule has 0 radical (unpaired) electrons.